The first kappa shape index (κ1) is 25.0. The van der Waals surface area contributed by atoms with Gasteiger partial charge in [0.2, 0.25) is 5.91 Å². The number of hydrogen-bond donors (Lipinski definition) is 1. The molecule has 36 heavy (non-hydrogen) atoms. The van der Waals surface area contributed by atoms with Gasteiger partial charge in [0.25, 0.3) is 0 Å². The number of piperazine rings is 1. The topological polar surface area (TPSA) is 104 Å². The maximum Gasteiger partial charge on any atom is 0.318 e. The molecule has 0 atom stereocenters. The Kier molecular flexibility index (Phi) is 8.38. The molecule has 0 unspecified atom stereocenters. The van der Waals surface area contributed by atoms with Crippen LogP contribution in [-0.4, -0.2) is 78.3 Å². The van der Waals surface area contributed by atoms with Gasteiger partial charge in [-0.3, -0.25) is 4.79 Å². The number of benzene rings is 1. The van der Waals surface area contributed by atoms with Crippen molar-refractivity contribution in [1.82, 2.24) is 25.3 Å². The highest BCUT2D eigenvalue weighted by Gasteiger charge is 2.26. The van der Waals surface area contributed by atoms with E-state index in [-0.39, 0.29) is 25.0 Å². The van der Waals surface area contributed by atoms with E-state index in [1.54, 1.807) is 30.4 Å². The van der Waals surface area contributed by atoms with Crippen molar-refractivity contribution in [2.75, 3.05) is 51.3 Å². The van der Waals surface area contributed by atoms with Gasteiger partial charge in [0, 0.05) is 38.3 Å². The van der Waals surface area contributed by atoms with Gasteiger partial charge in [-0.15, -0.1) is 10.2 Å². The van der Waals surface area contributed by atoms with Gasteiger partial charge in [-0.05, 0) is 42.8 Å². The van der Waals surface area contributed by atoms with Crippen molar-refractivity contribution in [2.24, 2.45) is 0 Å². The molecule has 1 fully saturated rings. The summed E-state index contributed by atoms with van der Waals surface area (Å²) in [7, 11) is 1.64. The first-order chi connectivity index (χ1) is 17.6. The lowest BCUT2D eigenvalue weighted by molar-refractivity contribution is -0.132. The third-order valence-corrected chi connectivity index (χ3v) is 6.04. The van der Waals surface area contributed by atoms with Crippen molar-refractivity contribution >= 4 is 17.8 Å². The maximum atomic E-state index is 13.0. The highest BCUT2D eigenvalue weighted by atomic mass is 16.5. The number of aromatic nitrogens is 2. The average Bonchev–Trinajstić information content (AvgIpc) is 3.44. The van der Waals surface area contributed by atoms with Gasteiger partial charge >= 0.3 is 6.03 Å². The van der Waals surface area contributed by atoms with Crippen molar-refractivity contribution in [3.8, 4) is 17.0 Å². The van der Waals surface area contributed by atoms with Gasteiger partial charge in [-0.1, -0.05) is 19.1 Å². The summed E-state index contributed by atoms with van der Waals surface area (Å²) < 4.78 is 10.7. The summed E-state index contributed by atoms with van der Waals surface area (Å²) in [5.41, 5.74) is 1.70. The number of nitrogens with one attached hydrogen (secondary N) is 1. The van der Waals surface area contributed by atoms with Crippen molar-refractivity contribution in [3.63, 3.8) is 0 Å². The van der Waals surface area contributed by atoms with Crippen LogP contribution in [0.15, 0.2) is 59.2 Å². The predicted molar refractivity (Wildman–Crippen MR) is 136 cm³/mol. The van der Waals surface area contributed by atoms with Gasteiger partial charge in [0.1, 0.15) is 18.1 Å². The smallest absolute Gasteiger partial charge is 0.318 e. The number of hydrogen-bond acceptors (Lipinski definition) is 7. The van der Waals surface area contributed by atoms with E-state index in [0.29, 0.717) is 38.5 Å². The van der Waals surface area contributed by atoms with Gasteiger partial charge in [-0.25, -0.2) is 4.79 Å². The molecule has 1 aromatic carbocycles. The van der Waals surface area contributed by atoms with Crippen LogP contribution in [0.4, 0.5) is 10.6 Å². The number of carbonyl (C=O) groups excluding carboxylic acids is 2. The molecule has 10 nitrogen and oxygen atoms in total. The number of rotatable bonds is 9. The van der Waals surface area contributed by atoms with E-state index < -0.39 is 0 Å². The minimum atomic E-state index is -0.272. The predicted octanol–water partition coefficient (Wildman–Crippen LogP) is 3.02. The zero-order valence-electron chi connectivity index (χ0n) is 20.7. The Hall–Kier alpha value is -4.08. The van der Waals surface area contributed by atoms with E-state index in [0.717, 1.165) is 29.2 Å². The molecule has 3 aromatic rings. The van der Waals surface area contributed by atoms with Crippen LogP contribution in [0.25, 0.3) is 11.3 Å². The number of carbonyl (C=O) groups is 2. The monoisotopic (exact) mass is 492 g/mol. The standard InChI is InChI=1S/C26H32N6O4/c1-3-11-27-26(34)32(18-22-8-5-16-36-22)19-25(33)31-14-12-30(13-15-31)24-10-9-23(28-29-24)20-6-4-7-21(17-20)35-2/h4-10,16-17H,3,11-15,18-19H2,1-2H3,(H,27,34). The van der Waals surface area contributed by atoms with E-state index in [2.05, 4.69) is 20.4 Å². The molecule has 190 valence electrons. The second kappa shape index (κ2) is 12.1. The number of methoxy groups -OCH3 is 1. The highest BCUT2D eigenvalue weighted by Crippen LogP contribution is 2.23. The van der Waals surface area contributed by atoms with Gasteiger partial charge in [0.05, 0.1) is 25.6 Å². The van der Waals surface area contributed by atoms with Crippen molar-refractivity contribution < 1.29 is 18.7 Å². The largest absolute Gasteiger partial charge is 0.497 e. The van der Waals surface area contributed by atoms with E-state index >= 15 is 0 Å². The molecule has 1 aliphatic rings. The molecule has 0 aliphatic carbocycles. The molecule has 3 heterocycles. The average molecular weight is 493 g/mol. The van der Waals surface area contributed by atoms with Gasteiger partial charge in [0.15, 0.2) is 5.82 Å². The minimum Gasteiger partial charge on any atom is -0.497 e. The zero-order chi connectivity index (χ0) is 25.3. The third-order valence-electron chi connectivity index (χ3n) is 6.04. The van der Waals surface area contributed by atoms with Crippen LogP contribution in [0.2, 0.25) is 0 Å². The van der Waals surface area contributed by atoms with E-state index in [9.17, 15) is 9.59 Å². The fourth-order valence-electron chi connectivity index (χ4n) is 4.01. The molecule has 0 bridgehead atoms. The molecule has 4 rings (SSSR count). The number of anilines is 1. The Morgan fingerprint density at radius 1 is 1.08 bits per heavy atom. The third kappa shape index (κ3) is 6.32. The molecule has 10 heteroatoms. The SMILES string of the molecule is CCCNC(=O)N(CC(=O)N1CCN(c2ccc(-c3cccc(OC)c3)nn2)CC1)Cc1ccco1. The number of nitrogens with zero attached hydrogens (tertiary/aromatic N) is 5. The van der Waals surface area contributed by atoms with Crippen LogP contribution >= 0.6 is 0 Å². The summed E-state index contributed by atoms with van der Waals surface area (Å²) in [6, 6.07) is 14.9. The molecule has 1 N–H and O–H groups in total. The van der Waals surface area contributed by atoms with Crippen LogP contribution in [0.5, 0.6) is 5.75 Å². The maximum absolute atomic E-state index is 13.0. The van der Waals surface area contributed by atoms with Crippen molar-refractivity contribution in [3.05, 3.63) is 60.6 Å². The first-order valence-corrected chi connectivity index (χ1v) is 12.1. The Labute approximate surface area is 210 Å². The normalized spacial score (nSPS) is 13.4. The highest BCUT2D eigenvalue weighted by molar-refractivity contribution is 5.84. The first-order valence-electron chi connectivity index (χ1n) is 12.1. The summed E-state index contributed by atoms with van der Waals surface area (Å²) in [4.78, 5) is 31.0. The van der Waals surface area contributed by atoms with Gasteiger partial charge in [-0.2, -0.15) is 0 Å². The lowest BCUT2D eigenvalue weighted by Crippen LogP contribution is -2.53. The second-order valence-corrected chi connectivity index (χ2v) is 8.54. The molecular weight excluding hydrogens is 460 g/mol. The van der Waals surface area contributed by atoms with Crippen LogP contribution in [0, 0.1) is 0 Å². The summed E-state index contributed by atoms with van der Waals surface area (Å²) in [6.45, 7) is 5.14. The van der Waals surface area contributed by atoms with E-state index in [1.165, 1.54) is 4.90 Å². The molecule has 2 aromatic heterocycles. The summed E-state index contributed by atoms with van der Waals surface area (Å²) in [6.07, 6.45) is 2.38. The molecule has 0 spiro atoms. The molecular formula is C26H32N6O4. The van der Waals surface area contributed by atoms with Crippen LogP contribution in [0.3, 0.4) is 0 Å². The van der Waals surface area contributed by atoms with E-state index in [4.69, 9.17) is 9.15 Å². The number of amides is 3. The Bertz CT molecular complexity index is 1130. The number of ether oxygens (including phenoxy) is 1. The fraction of sp³-hybridized carbons (Fsp3) is 0.385. The number of urea groups is 1. The second-order valence-electron chi connectivity index (χ2n) is 8.54. The molecule has 3 amide bonds. The Balaban J connectivity index is 1.33. The van der Waals surface area contributed by atoms with Crippen LogP contribution in [0.1, 0.15) is 19.1 Å². The molecule has 0 saturated carbocycles. The quantitative estimate of drug-likeness (QED) is 0.490. The number of furan rings is 1. The Morgan fingerprint density at radius 3 is 2.58 bits per heavy atom. The molecule has 0 radical (unpaired) electrons. The fourth-order valence-corrected chi connectivity index (χ4v) is 4.01. The Morgan fingerprint density at radius 2 is 1.92 bits per heavy atom. The van der Waals surface area contributed by atoms with Crippen LogP contribution in [-0.2, 0) is 11.3 Å². The lowest BCUT2D eigenvalue weighted by Gasteiger charge is -2.36. The van der Waals surface area contributed by atoms with Crippen LogP contribution < -0.4 is 15.0 Å². The summed E-state index contributed by atoms with van der Waals surface area (Å²) >= 11 is 0. The van der Waals surface area contributed by atoms with Crippen molar-refractivity contribution in [2.45, 2.75) is 19.9 Å². The molecule has 1 aliphatic heterocycles. The van der Waals surface area contributed by atoms with E-state index in [1.807, 2.05) is 43.3 Å². The summed E-state index contributed by atoms with van der Waals surface area (Å²) in [5, 5.41) is 11.6. The molecule has 1 saturated heterocycles. The van der Waals surface area contributed by atoms with Gasteiger partial charge < -0.3 is 29.2 Å². The minimum absolute atomic E-state index is 0.00864. The zero-order valence-corrected chi connectivity index (χ0v) is 20.7. The van der Waals surface area contributed by atoms with Crippen molar-refractivity contribution in [1.29, 1.82) is 0 Å². The summed E-state index contributed by atoms with van der Waals surface area (Å²) in [5.74, 6) is 2.08. The lowest BCUT2D eigenvalue weighted by atomic mass is 10.1.